The van der Waals surface area contributed by atoms with Crippen molar-refractivity contribution in [1.82, 2.24) is 30.6 Å². The molecule has 10 rings (SSSR count). The highest BCUT2D eigenvalue weighted by Crippen LogP contribution is 2.42. The molecule has 0 radical (unpaired) electrons. The maximum Gasteiger partial charge on any atom is 0.320 e. The second-order valence-corrected chi connectivity index (χ2v) is 16.5. The van der Waals surface area contributed by atoms with Gasteiger partial charge < -0.3 is 42.2 Å². The number of carbonyl (C=O) groups excluding carboxylic acids is 2. The topological polar surface area (TPSA) is 228 Å². The molecule has 10 N–H and O–H groups in total. The fraction of sp³-hybridized carbons (Fsp3) is 0.333. The van der Waals surface area contributed by atoms with Crippen molar-refractivity contribution in [2.24, 2.45) is 11.8 Å². The number of anilines is 6. The first-order chi connectivity index (χ1) is 29.8. The molecule has 4 amide bonds. The summed E-state index contributed by atoms with van der Waals surface area (Å²) in [7, 11) is 0. The minimum atomic E-state index is -0.531. The summed E-state index contributed by atoms with van der Waals surface area (Å²) in [6, 6.07) is 7.24. The van der Waals surface area contributed by atoms with Gasteiger partial charge in [0.25, 0.3) is 0 Å². The van der Waals surface area contributed by atoms with Gasteiger partial charge in [-0.1, -0.05) is 13.8 Å². The van der Waals surface area contributed by atoms with Gasteiger partial charge in [0.05, 0.1) is 5.69 Å². The van der Waals surface area contributed by atoms with Crippen molar-refractivity contribution in [3.05, 3.63) is 71.6 Å². The number of nitrogens with two attached hydrogens (primary N) is 2. The summed E-state index contributed by atoms with van der Waals surface area (Å²) in [6.07, 6.45) is 8.61. The number of hydrogen-bond acceptors (Lipinski definition) is 12. The van der Waals surface area contributed by atoms with Crippen LogP contribution in [0, 0.1) is 38.4 Å². The van der Waals surface area contributed by atoms with Crippen molar-refractivity contribution >= 4 is 68.0 Å². The van der Waals surface area contributed by atoms with E-state index < -0.39 is 5.82 Å². The van der Waals surface area contributed by atoms with Gasteiger partial charge in [-0.3, -0.25) is 10.6 Å². The van der Waals surface area contributed by atoms with E-state index >= 15 is 4.39 Å². The number of carbonyl (C=O) groups is 2. The van der Waals surface area contributed by atoms with Crippen LogP contribution in [0.15, 0.2) is 49.1 Å². The highest BCUT2D eigenvalue weighted by Gasteiger charge is 2.35. The van der Waals surface area contributed by atoms with E-state index in [1.807, 2.05) is 26.1 Å². The van der Waals surface area contributed by atoms with Crippen LogP contribution < -0.4 is 52.8 Å². The average molecular weight is 841 g/mol. The fourth-order valence-electron chi connectivity index (χ4n) is 8.01. The molecule has 0 saturated heterocycles. The molecule has 2 fully saturated rings. The smallest absolute Gasteiger partial charge is 0.320 e. The molecule has 320 valence electrons. The van der Waals surface area contributed by atoms with E-state index in [1.165, 1.54) is 6.20 Å². The quantitative estimate of drug-likeness (QED) is 0.0763. The number of fused-ring (bicyclic) bond motifs is 4. The van der Waals surface area contributed by atoms with Crippen LogP contribution in [-0.2, 0) is 0 Å². The number of aromatic nitrogens is 4. The predicted molar refractivity (Wildman–Crippen MR) is 240 cm³/mol. The summed E-state index contributed by atoms with van der Waals surface area (Å²) in [4.78, 5) is 41.8. The monoisotopic (exact) mass is 840 g/mol. The molecule has 6 heterocycles. The number of nitrogen functional groups attached to an aromatic ring is 2. The summed E-state index contributed by atoms with van der Waals surface area (Å²) in [5, 5.41) is 21.0. The van der Waals surface area contributed by atoms with Crippen LogP contribution in [-0.4, -0.2) is 70.4 Å². The number of pyridine rings is 4. The molecule has 16 nitrogen and oxygen atoms in total. The molecule has 4 aliphatic rings. The number of ether oxygens (including phenoxy) is 2. The third-order valence-electron chi connectivity index (χ3n) is 12.1. The lowest BCUT2D eigenvalue weighted by Gasteiger charge is -2.22. The summed E-state index contributed by atoms with van der Waals surface area (Å²) in [6.45, 7) is 12.7. The zero-order valence-corrected chi connectivity index (χ0v) is 35.1. The molecule has 4 atom stereocenters. The Balaban J connectivity index is 0.000000158. The lowest BCUT2D eigenvalue weighted by Crippen LogP contribution is -2.31. The van der Waals surface area contributed by atoms with Gasteiger partial charge in [-0.2, -0.15) is 0 Å². The van der Waals surface area contributed by atoms with Crippen molar-refractivity contribution in [2.75, 3.05) is 59.0 Å². The zero-order valence-electron chi connectivity index (χ0n) is 35.1. The molecule has 2 aliphatic heterocycles. The Morgan fingerprint density at radius 3 is 1.58 bits per heavy atom. The fourth-order valence-corrected chi connectivity index (χ4v) is 8.01. The minimum absolute atomic E-state index is 0.00383. The van der Waals surface area contributed by atoms with E-state index in [0.29, 0.717) is 82.6 Å². The Kier molecular flexibility index (Phi) is 10.4. The van der Waals surface area contributed by atoms with E-state index in [9.17, 15) is 9.59 Å². The van der Waals surface area contributed by atoms with Gasteiger partial charge in [0.2, 0.25) is 11.8 Å². The van der Waals surface area contributed by atoms with Gasteiger partial charge in [-0.05, 0) is 103 Å². The zero-order chi connectivity index (χ0) is 43.4. The van der Waals surface area contributed by atoms with Gasteiger partial charge in [0.15, 0.2) is 5.82 Å². The molecule has 0 spiro atoms. The van der Waals surface area contributed by atoms with E-state index in [1.54, 1.807) is 24.5 Å². The molecular formula is C45H49FN12O4. The van der Waals surface area contributed by atoms with Gasteiger partial charge in [0.1, 0.15) is 36.2 Å². The van der Waals surface area contributed by atoms with E-state index in [-0.39, 0.29) is 29.8 Å². The number of benzene rings is 2. The lowest BCUT2D eigenvalue weighted by molar-refractivity contribution is 0.250. The minimum Gasteiger partial charge on any atom is -0.474 e. The second-order valence-electron chi connectivity index (χ2n) is 16.5. The van der Waals surface area contributed by atoms with Crippen LogP contribution >= 0.6 is 0 Å². The molecule has 6 aromatic rings. The van der Waals surface area contributed by atoms with Crippen LogP contribution in [0.4, 0.5) is 48.4 Å². The maximum atomic E-state index is 15.2. The summed E-state index contributed by atoms with van der Waals surface area (Å²) in [5.74, 6) is 2.49. The Hall–Kier alpha value is -7.17. The molecule has 4 aromatic heterocycles. The van der Waals surface area contributed by atoms with E-state index in [4.69, 9.17) is 20.9 Å². The number of rotatable bonds is 6. The van der Waals surface area contributed by atoms with Crippen LogP contribution in [0.1, 0.15) is 43.4 Å². The molecule has 62 heavy (non-hydrogen) atoms. The lowest BCUT2D eigenvalue weighted by atomic mass is 9.93. The number of nitrogens with zero attached hydrogens (tertiary/aromatic N) is 4. The molecule has 0 bridgehead atoms. The third-order valence-corrected chi connectivity index (χ3v) is 12.1. The Bertz CT molecular complexity index is 2610. The standard InChI is InChI=1S/C23H26N6O2.C22H23FN6O2/c1-11-6-18(11)28-23(30)29-19-8-14-7-15(12(2)20(24)17(14)10-26-19)16-9-27-22-21(13(16)3)25-4-5-31-22;1-10-5-16(10)28-22(30)29-17-7-12-6-13(18(23)19(24)15(12)9-26-17)14-8-27-21-20(11(14)2)25-3-4-31-21/h7-11,18,25H,4-6,24H2,1-3H3,(H2,26,28,29,30);6-10,16,25H,3-5,24H2,1-2H3,(H2,26,28,29,30)/t11-,18+;10-,16+/m01/s1. The highest BCUT2D eigenvalue weighted by molar-refractivity contribution is 6.02. The van der Waals surface area contributed by atoms with Crippen LogP contribution in [0.3, 0.4) is 0 Å². The molecule has 2 saturated carbocycles. The Morgan fingerprint density at radius 1 is 0.645 bits per heavy atom. The van der Waals surface area contributed by atoms with Crippen molar-refractivity contribution in [3.8, 4) is 34.0 Å². The van der Waals surface area contributed by atoms with Crippen molar-refractivity contribution in [2.45, 2.75) is 59.5 Å². The van der Waals surface area contributed by atoms with Gasteiger partial charge >= 0.3 is 12.1 Å². The maximum absolute atomic E-state index is 15.2. The summed E-state index contributed by atoms with van der Waals surface area (Å²) < 4.78 is 26.4. The van der Waals surface area contributed by atoms with Gasteiger partial charge in [-0.15, -0.1) is 0 Å². The average Bonchev–Trinajstić information content (AvgIpc) is 4.17. The van der Waals surface area contributed by atoms with Gasteiger partial charge in [0, 0.05) is 83.1 Å². The largest absolute Gasteiger partial charge is 0.474 e. The molecule has 17 heteroatoms. The second kappa shape index (κ2) is 16.0. The third kappa shape index (κ3) is 7.81. The number of urea groups is 2. The number of amides is 4. The van der Waals surface area contributed by atoms with Crippen LogP contribution in [0.25, 0.3) is 43.8 Å². The summed E-state index contributed by atoms with van der Waals surface area (Å²) >= 11 is 0. The van der Waals surface area contributed by atoms with Crippen LogP contribution in [0.5, 0.6) is 11.8 Å². The number of halogens is 1. The van der Waals surface area contributed by atoms with Crippen molar-refractivity contribution < 1.29 is 23.5 Å². The first-order valence-electron chi connectivity index (χ1n) is 20.8. The number of hydrogen-bond donors (Lipinski definition) is 8. The van der Waals surface area contributed by atoms with Crippen molar-refractivity contribution in [1.29, 1.82) is 0 Å². The molecule has 2 aromatic carbocycles. The van der Waals surface area contributed by atoms with Crippen molar-refractivity contribution in [3.63, 3.8) is 0 Å². The normalized spacial score (nSPS) is 19.2. The predicted octanol–water partition coefficient (Wildman–Crippen LogP) is 7.49. The number of nitrogens with one attached hydrogen (secondary N) is 6. The molecule has 0 unspecified atom stereocenters. The van der Waals surface area contributed by atoms with Gasteiger partial charge in [-0.25, -0.2) is 33.9 Å². The van der Waals surface area contributed by atoms with Crippen LogP contribution in [0.2, 0.25) is 0 Å². The van der Waals surface area contributed by atoms with E-state index in [2.05, 4.69) is 78.7 Å². The first-order valence-corrected chi connectivity index (χ1v) is 20.8. The van der Waals surface area contributed by atoms with E-state index in [0.717, 1.165) is 69.4 Å². The summed E-state index contributed by atoms with van der Waals surface area (Å²) in [5.41, 5.74) is 20.8. The Labute approximate surface area is 357 Å². The molecule has 2 aliphatic carbocycles. The molecular weight excluding hydrogens is 792 g/mol. The Morgan fingerprint density at radius 2 is 1.10 bits per heavy atom. The SMILES string of the molecule is Cc1c(-c2cc3cc(NC(=O)N[C@@H]4C[C@@H]4C)ncc3c(N)c2C)cnc2c1NCCO2.Cc1c(-c2cc3cc(NC(=O)N[C@H]4C[C@H]4C)ncc3c(N)c2F)cnc2c1NCCO2. The highest BCUT2D eigenvalue weighted by atomic mass is 19.1. The first kappa shape index (κ1) is 40.2.